The first-order valence-electron chi connectivity index (χ1n) is 8.45. The first kappa shape index (κ1) is 17.5. The lowest BCUT2D eigenvalue weighted by atomic mass is 10.3. The van der Waals surface area contributed by atoms with Gasteiger partial charge in [0.05, 0.1) is 24.6 Å². The molecule has 8 nitrogen and oxygen atoms in total. The van der Waals surface area contributed by atoms with E-state index in [9.17, 15) is 4.79 Å². The first-order valence-corrected chi connectivity index (χ1v) is 8.45. The van der Waals surface area contributed by atoms with E-state index in [1.165, 1.54) is 0 Å². The fraction of sp³-hybridized carbons (Fsp3) is 0.100. The number of carbonyl (C=O) groups is 1. The number of hydrogen-bond donors (Lipinski definition) is 1. The van der Waals surface area contributed by atoms with Crippen LogP contribution in [0.3, 0.4) is 0 Å². The van der Waals surface area contributed by atoms with Gasteiger partial charge < -0.3 is 13.9 Å². The van der Waals surface area contributed by atoms with Crippen molar-refractivity contribution in [2.75, 3.05) is 12.4 Å². The second-order valence-electron chi connectivity index (χ2n) is 5.83. The number of pyridine rings is 2. The Bertz CT molecular complexity index is 1090. The molecule has 3 aromatic heterocycles. The van der Waals surface area contributed by atoms with Gasteiger partial charge in [0, 0.05) is 18.1 Å². The van der Waals surface area contributed by atoms with Crippen LogP contribution in [0.5, 0.6) is 5.75 Å². The molecule has 8 heteroatoms. The van der Waals surface area contributed by atoms with Crippen molar-refractivity contribution in [3.63, 3.8) is 0 Å². The Morgan fingerprint density at radius 3 is 2.86 bits per heavy atom. The molecule has 0 saturated carbocycles. The SMILES string of the molecule is COc1ccc(COC(=O)Nc2ccc3oc(-c4cccnc4)nc3c2)nc1. The summed E-state index contributed by atoms with van der Waals surface area (Å²) >= 11 is 0. The number of carbonyl (C=O) groups excluding carboxylic acids is 1. The molecule has 0 fully saturated rings. The normalized spacial score (nSPS) is 10.6. The van der Waals surface area contributed by atoms with Gasteiger partial charge in [0.25, 0.3) is 0 Å². The lowest BCUT2D eigenvalue weighted by Gasteiger charge is -2.07. The van der Waals surface area contributed by atoms with E-state index < -0.39 is 6.09 Å². The van der Waals surface area contributed by atoms with Crippen molar-refractivity contribution < 1.29 is 18.7 Å². The summed E-state index contributed by atoms with van der Waals surface area (Å²) in [6.45, 7) is 0.0488. The Hall–Kier alpha value is -3.94. The molecule has 0 spiro atoms. The van der Waals surface area contributed by atoms with Crippen LogP contribution in [0.1, 0.15) is 5.69 Å². The quantitative estimate of drug-likeness (QED) is 0.561. The van der Waals surface area contributed by atoms with Crippen molar-refractivity contribution in [3.8, 4) is 17.2 Å². The van der Waals surface area contributed by atoms with Crippen LogP contribution in [-0.2, 0) is 11.3 Å². The molecule has 0 saturated heterocycles. The first-order chi connectivity index (χ1) is 13.7. The van der Waals surface area contributed by atoms with E-state index in [1.807, 2.05) is 12.1 Å². The van der Waals surface area contributed by atoms with Gasteiger partial charge in [-0.05, 0) is 42.5 Å². The van der Waals surface area contributed by atoms with Gasteiger partial charge in [-0.15, -0.1) is 0 Å². The summed E-state index contributed by atoms with van der Waals surface area (Å²) in [4.78, 5) is 24.7. The number of anilines is 1. The number of methoxy groups -OCH3 is 1. The van der Waals surface area contributed by atoms with Gasteiger partial charge in [-0.25, -0.2) is 9.78 Å². The van der Waals surface area contributed by atoms with Gasteiger partial charge >= 0.3 is 6.09 Å². The monoisotopic (exact) mass is 376 g/mol. The van der Waals surface area contributed by atoms with Crippen LogP contribution in [0.15, 0.2) is 65.5 Å². The Morgan fingerprint density at radius 1 is 1.18 bits per heavy atom. The highest BCUT2D eigenvalue weighted by molar-refractivity contribution is 5.88. The standard InChI is InChI=1S/C20H16N4O4/c1-26-16-6-4-15(22-11-16)12-27-20(25)23-14-5-7-18-17(9-14)24-19(28-18)13-3-2-8-21-10-13/h2-11H,12H2,1H3,(H,23,25). The summed E-state index contributed by atoms with van der Waals surface area (Å²) in [6.07, 6.45) is 4.33. The number of benzene rings is 1. The molecule has 140 valence electrons. The topological polar surface area (TPSA) is 99.4 Å². The van der Waals surface area contributed by atoms with Gasteiger partial charge in [0.2, 0.25) is 5.89 Å². The molecule has 0 bridgehead atoms. The van der Waals surface area contributed by atoms with Crippen molar-refractivity contribution in [1.29, 1.82) is 0 Å². The molecule has 0 aliphatic heterocycles. The molecular weight excluding hydrogens is 360 g/mol. The maximum atomic E-state index is 12.0. The van der Waals surface area contributed by atoms with E-state index in [0.717, 1.165) is 5.56 Å². The van der Waals surface area contributed by atoms with E-state index in [2.05, 4.69) is 20.3 Å². The number of hydrogen-bond acceptors (Lipinski definition) is 7. The largest absolute Gasteiger partial charge is 0.495 e. The van der Waals surface area contributed by atoms with Gasteiger partial charge in [-0.2, -0.15) is 0 Å². The zero-order valence-corrected chi connectivity index (χ0v) is 15.0. The molecule has 28 heavy (non-hydrogen) atoms. The maximum Gasteiger partial charge on any atom is 0.412 e. The lowest BCUT2D eigenvalue weighted by molar-refractivity contribution is 0.153. The van der Waals surface area contributed by atoms with Gasteiger partial charge in [0.1, 0.15) is 17.9 Å². The molecule has 0 aliphatic rings. The van der Waals surface area contributed by atoms with Gasteiger partial charge in [-0.1, -0.05) is 0 Å². The van der Waals surface area contributed by atoms with E-state index in [-0.39, 0.29) is 6.61 Å². The lowest BCUT2D eigenvalue weighted by Crippen LogP contribution is -2.13. The number of oxazole rings is 1. The molecule has 4 rings (SSSR count). The third-order valence-electron chi connectivity index (χ3n) is 3.93. The summed E-state index contributed by atoms with van der Waals surface area (Å²) in [5.74, 6) is 1.10. The fourth-order valence-corrected chi connectivity index (χ4v) is 2.53. The van der Waals surface area contributed by atoms with Gasteiger partial charge in [0.15, 0.2) is 5.58 Å². The molecule has 0 aliphatic carbocycles. The molecule has 0 unspecified atom stereocenters. The van der Waals surface area contributed by atoms with Crippen molar-refractivity contribution in [1.82, 2.24) is 15.0 Å². The number of ether oxygens (including phenoxy) is 2. The van der Waals surface area contributed by atoms with Crippen LogP contribution in [0.4, 0.5) is 10.5 Å². The molecule has 0 radical (unpaired) electrons. The Labute approximate surface area is 160 Å². The summed E-state index contributed by atoms with van der Waals surface area (Å²) in [5, 5.41) is 2.67. The molecule has 1 N–H and O–H groups in total. The minimum absolute atomic E-state index is 0.0488. The van der Waals surface area contributed by atoms with Crippen LogP contribution in [0.2, 0.25) is 0 Å². The zero-order chi connectivity index (χ0) is 19.3. The number of nitrogens with zero attached hydrogens (tertiary/aromatic N) is 3. The summed E-state index contributed by atoms with van der Waals surface area (Å²) in [6, 6.07) is 12.3. The molecule has 0 atom stereocenters. The maximum absolute atomic E-state index is 12.0. The highest BCUT2D eigenvalue weighted by atomic mass is 16.5. The minimum Gasteiger partial charge on any atom is -0.495 e. The van der Waals surface area contributed by atoms with Crippen molar-refractivity contribution >= 4 is 22.9 Å². The molecular formula is C20H16N4O4. The van der Waals surface area contributed by atoms with Crippen LogP contribution in [0, 0.1) is 0 Å². The smallest absolute Gasteiger partial charge is 0.412 e. The Kier molecular flexibility index (Phi) is 4.83. The van der Waals surface area contributed by atoms with Crippen molar-refractivity contribution in [2.45, 2.75) is 6.61 Å². The highest BCUT2D eigenvalue weighted by Crippen LogP contribution is 2.25. The van der Waals surface area contributed by atoms with Crippen LogP contribution in [-0.4, -0.2) is 28.2 Å². The van der Waals surface area contributed by atoms with Crippen molar-refractivity contribution in [3.05, 3.63) is 66.7 Å². The second-order valence-corrected chi connectivity index (χ2v) is 5.83. The van der Waals surface area contributed by atoms with Gasteiger partial charge in [-0.3, -0.25) is 15.3 Å². The molecule has 1 amide bonds. The number of aromatic nitrogens is 3. The minimum atomic E-state index is -0.590. The third-order valence-corrected chi connectivity index (χ3v) is 3.93. The van der Waals surface area contributed by atoms with Crippen molar-refractivity contribution in [2.24, 2.45) is 0 Å². The predicted octanol–water partition coefficient (Wildman–Crippen LogP) is 4.04. The summed E-state index contributed by atoms with van der Waals surface area (Å²) in [5.41, 5.74) is 3.17. The van der Waals surface area contributed by atoms with E-state index >= 15 is 0 Å². The van der Waals surface area contributed by atoms with Crippen LogP contribution in [0.25, 0.3) is 22.6 Å². The highest BCUT2D eigenvalue weighted by Gasteiger charge is 2.10. The summed E-state index contributed by atoms with van der Waals surface area (Å²) < 4.78 is 16.0. The average molecular weight is 376 g/mol. The van der Waals surface area contributed by atoms with Crippen LogP contribution < -0.4 is 10.1 Å². The third kappa shape index (κ3) is 3.90. The molecule has 3 heterocycles. The average Bonchev–Trinajstić information content (AvgIpc) is 3.17. The number of rotatable bonds is 5. The Morgan fingerprint density at radius 2 is 2.11 bits per heavy atom. The molecule has 4 aromatic rings. The van der Waals surface area contributed by atoms with E-state index in [0.29, 0.717) is 34.1 Å². The number of amides is 1. The zero-order valence-electron chi connectivity index (χ0n) is 15.0. The number of fused-ring (bicyclic) bond motifs is 1. The summed E-state index contributed by atoms with van der Waals surface area (Å²) in [7, 11) is 1.56. The Balaban J connectivity index is 1.41. The number of nitrogens with one attached hydrogen (secondary N) is 1. The predicted molar refractivity (Wildman–Crippen MR) is 102 cm³/mol. The van der Waals surface area contributed by atoms with E-state index in [4.69, 9.17) is 13.9 Å². The second kappa shape index (κ2) is 7.75. The van der Waals surface area contributed by atoms with E-state index in [1.54, 1.807) is 56.0 Å². The fourth-order valence-electron chi connectivity index (χ4n) is 2.53. The van der Waals surface area contributed by atoms with Crippen LogP contribution >= 0.6 is 0 Å². The molecule has 1 aromatic carbocycles.